The van der Waals surface area contributed by atoms with Gasteiger partial charge < -0.3 is 4.98 Å². The van der Waals surface area contributed by atoms with Crippen LogP contribution in [-0.2, 0) is 0 Å². The number of halogens is 2. The Morgan fingerprint density at radius 3 is 2.57 bits per heavy atom. The first-order chi connectivity index (χ1) is 10.2. The first-order valence-corrected chi connectivity index (χ1v) is 7.71. The number of hydrogen-bond donors (Lipinski definition) is 1. The fourth-order valence-corrected chi connectivity index (χ4v) is 2.76. The van der Waals surface area contributed by atoms with Crippen LogP contribution < -0.4 is 0 Å². The molecule has 1 aromatic carbocycles. The van der Waals surface area contributed by atoms with Gasteiger partial charge in [-0.3, -0.25) is 4.98 Å². The highest BCUT2D eigenvalue weighted by Gasteiger charge is 2.12. The molecule has 0 aliphatic carbocycles. The van der Waals surface area contributed by atoms with E-state index >= 15 is 0 Å². The van der Waals surface area contributed by atoms with E-state index in [1.165, 1.54) is 0 Å². The maximum Gasteiger partial charge on any atom is 0.159 e. The number of aromatic amines is 1. The molecule has 0 radical (unpaired) electrons. The molecule has 0 saturated carbocycles. The second-order valence-electron chi connectivity index (χ2n) is 4.28. The quantitative estimate of drug-likeness (QED) is 0.616. The zero-order valence-corrected chi connectivity index (χ0v) is 13.8. The molecule has 0 amide bonds. The summed E-state index contributed by atoms with van der Waals surface area (Å²) in [6, 6.07) is 13.4. The molecule has 0 atom stereocenters. The standard InChI is InChI=1S/C15H9BrClN3S/c16-11-12(9-5-2-1-3-6-9)19-14(20-15(11)21)13-10(17)7-4-8-18-13/h1-8H,(H,19,20,21). The Morgan fingerprint density at radius 2 is 1.86 bits per heavy atom. The molecule has 3 aromatic rings. The first kappa shape index (κ1) is 14.4. The Kier molecular flexibility index (Phi) is 4.14. The summed E-state index contributed by atoms with van der Waals surface area (Å²) in [5.41, 5.74) is 2.44. The van der Waals surface area contributed by atoms with Crippen LogP contribution in [-0.4, -0.2) is 15.0 Å². The molecule has 0 unspecified atom stereocenters. The maximum atomic E-state index is 6.18. The molecule has 1 N–H and O–H groups in total. The molecule has 2 heterocycles. The minimum absolute atomic E-state index is 0.462. The summed E-state index contributed by atoms with van der Waals surface area (Å²) < 4.78 is 1.21. The number of nitrogens with zero attached hydrogens (tertiary/aromatic N) is 2. The van der Waals surface area contributed by atoms with Crippen molar-refractivity contribution in [2.75, 3.05) is 0 Å². The minimum atomic E-state index is 0.462. The smallest absolute Gasteiger partial charge is 0.159 e. The van der Waals surface area contributed by atoms with Crippen LogP contribution in [0.2, 0.25) is 5.02 Å². The third kappa shape index (κ3) is 2.90. The van der Waals surface area contributed by atoms with Gasteiger partial charge in [-0.1, -0.05) is 54.2 Å². The number of H-pyrrole nitrogens is 1. The molecule has 6 heteroatoms. The van der Waals surface area contributed by atoms with E-state index in [4.69, 9.17) is 23.8 Å². The second-order valence-corrected chi connectivity index (χ2v) is 5.87. The van der Waals surface area contributed by atoms with Crippen molar-refractivity contribution < 1.29 is 0 Å². The molecule has 21 heavy (non-hydrogen) atoms. The molecule has 0 bridgehead atoms. The van der Waals surface area contributed by atoms with Gasteiger partial charge in [0, 0.05) is 6.20 Å². The first-order valence-electron chi connectivity index (χ1n) is 6.13. The SMILES string of the molecule is S=c1nc(-c2ncccc2Cl)[nH]c(-c2ccccc2)c1Br. The van der Waals surface area contributed by atoms with Gasteiger partial charge >= 0.3 is 0 Å². The van der Waals surface area contributed by atoms with Crippen molar-refractivity contribution >= 4 is 39.7 Å². The fourth-order valence-electron chi connectivity index (χ4n) is 1.93. The van der Waals surface area contributed by atoms with Crippen LogP contribution in [0, 0.1) is 4.64 Å². The molecule has 0 saturated heterocycles. The molecule has 0 fully saturated rings. The van der Waals surface area contributed by atoms with Crippen molar-refractivity contribution in [1.29, 1.82) is 0 Å². The molecule has 104 valence electrons. The van der Waals surface area contributed by atoms with E-state index in [9.17, 15) is 0 Å². The Morgan fingerprint density at radius 1 is 1.10 bits per heavy atom. The van der Waals surface area contributed by atoms with Crippen LogP contribution in [0.4, 0.5) is 0 Å². The van der Waals surface area contributed by atoms with Crippen LogP contribution in [0.15, 0.2) is 53.1 Å². The van der Waals surface area contributed by atoms with Crippen LogP contribution in [0.5, 0.6) is 0 Å². The monoisotopic (exact) mass is 377 g/mol. The summed E-state index contributed by atoms with van der Waals surface area (Å²) in [7, 11) is 0. The molecular weight excluding hydrogens is 370 g/mol. The van der Waals surface area contributed by atoms with Crippen molar-refractivity contribution in [1.82, 2.24) is 15.0 Å². The Labute approximate surface area is 140 Å². The molecule has 2 aromatic heterocycles. The van der Waals surface area contributed by atoms with Gasteiger partial charge in [0.05, 0.1) is 15.2 Å². The summed E-state index contributed by atoms with van der Waals surface area (Å²) in [5.74, 6) is 0.549. The lowest BCUT2D eigenvalue weighted by atomic mass is 10.1. The highest BCUT2D eigenvalue weighted by atomic mass is 79.9. The van der Waals surface area contributed by atoms with Crippen molar-refractivity contribution in [2.45, 2.75) is 0 Å². The van der Waals surface area contributed by atoms with Crippen LogP contribution in [0.25, 0.3) is 22.8 Å². The van der Waals surface area contributed by atoms with E-state index in [1.54, 1.807) is 18.3 Å². The van der Waals surface area contributed by atoms with Gasteiger partial charge in [-0.05, 0) is 33.6 Å². The third-order valence-corrected chi connectivity index (χ3v) is 4.54. The van der Waals surface area contributed by atoms with Crippen LogP contribution in [0.1, 0.15) is 0 Å². The van der Waals surface area contributed by atoms with Gasteiger partial charge in [0.1, 0.15) is 10.3 Å². The second kappa shape index (κ2) is 6.05. The predicted molar refractivity (Wildman–Crippen MR) is 90.8 cm³/mol. The lowest BCUT2D eigenvalue weighted by Gasteiger charge is -2.09. The summed E-state index contributed by atoms with van der Waals surface area (Å²) in [4.78, 5) is 11.9. The maximum absolute atomic E-state index is 6.18. The number of rotatable bonds is 2. The molecule has 0 aliphatic rings. The molecule has 0 aliphatic heterocycles. The van der Waals surface area contributed by atoms with E-state index in [2.05, 4.69) is 30.9 Å². The number of nitrogens with one attached hydrogen (secondary N) is 1. The largest absolute Gasteiger partial charge is 0.337 e. The van der Waals surface area contributed by atoms with E-state index in [-0.39, 0.29) is 0 Å². The van der Waals surface area contributed by atoms with Gasteiger partial charge in [0.25, 0.3) is 0 Å². The van der Waals surface area contributed by atoms with Crippen LogP contribution >= 0.6 is 39.7 Å². The van der Waals surface area contributed by atoms with Crippen molar-refractivity contribution in [3.8, 4) is 22.8 Å². The van der Waals surface area contributed by atoms with Crippen LogP contribution in [0.3, 0.4) is 0 Å². The van der Waals surface area contributed by atoms with Gasteiger partial charge in [-0.25, -0.2) is 4.98 Å². The van der Waals surface area contributed by atoms with Gasteiger partial charge in [-0.15, -0.1) is 0 Å². The van der Waals surface area contributed by atoms with E-state index in [0.29, 0.717) is 21.2 Å². The normalized spacial score (nSPS) is 10.6. The number of pyridine rings is 1. The summed E-state index contributed by atoms with van der Waals surface area (Å²) in [6.07, 6.45) is 1.67. The van der Waals surface area contributed by atoms with Gasteiger partial charge in [0.2, 0.25) is 0 Å². The lowest BCUT2D eigenvalue weighted by molar-refractivity contribution is 1.12. The molecule has 0 spiro atoms. The Balaban J connectivity index is 2.24. The fraction of sp³-hybridized carbons (Fsp3) is 0. The average molecular weight is 379 g/mol. The topological polar surface area (TPSA) is 41.6 Å². The van der Waals surface area contributed by atoms with Crippen molar-refractivity contribution in [2.24, 2.45) is 0 Å². The molecule has 3 rings (SSSR count). The summed E-state index contributed by atoms with van der Waals surface area (Å²) >= 11 is 15.0. The molecular formula is C15H9BrClN3S. The average Bonchev–Trinajstić information content (AvgIpc) is 2.51. The van der Waals surface area contributed by atoms with Gasteiger partial charge in [-0.2, -0.15) is 0 Å². The van der Waals surface area contributed by atoms with E-state index in [0.717, 1.165) is 15.7 Å². The number of hydrogen-bond acceptors (Lipinski definition) is 3. The Bertz CT molecular complexity index is 849. The van der Waals surface area contributed by atoms with E-state index in [1.807, 2.05) is 30.3 Å². The highest BCUT2D eigenvalue weighted by molar-refractivity contribution is 9.10. The highest BCUT2D eigenvalue weighted by Crippen LogP contribution is 2.30. The number of aromatic nitrogens is 3. The van der Waals surface area contributed by atoms with Crippen molar-refractivity contribution in [3.63, 3.8) is 0 Å². The zero-order chi connectivity index (χ0) is 14.8. The van der Waals surface area contributed by atoms with Crippen molar-refractivity contribution in [3.05, 3.63) is 62.8 Å². The zero-order valence-electron chi connectivity index (χ0n) is 10.7. The van der Waals surface area contributed by atoms with Gasteiger partial charge in [0.15, 0.2) is 5.82 Å². The Hall–Kier alpha value is -1.56. The third-order valence-electron chi connectivity index (χ3n) is 2.91. The lowest BCUT2D eigenvalue weighted by Crippen LogP contribution is -1.97. The predicted octanol–water partition coefficient (Wildman–Crippen LogP) is 5.28. The summed E-state index contributed by atoms with van der Waals surface area (Å²) in [5, 5.41) is 0.525. The number of benzene rings is 1. The van der Waals surface area contributed by atoms with E-state index < -0.39 is 0 Å². The summed E-state index contributed by atoms with van der Waals surface area (Å²) in [6.45, 7) is 0. The minimum Gasteiger partial charge on any atom is -0.337 e. The molecule has 3 nitrogen and oxygen atoms in total.